The van der Waals surface area contributed by atoms with E-state index in [2.05, 4.69) is 15.5 Å². The minimum atomic E-state index is -0.450. The number of nitrogens with one attached hydrogen (secondary N) is 1. The highest BCUT2D eigenvalue weighted by Crippen LogP contribution is 2.29. The van der Waals surface area contributed by atoms with Crippen molar-refractivity contribution in [2.45, 2.75) is 6.92 Å². The number of para-hydroxylation sites is 1. The number of hydrogen-bond donors (Lipinski definition) is 1. The first-order valence-electron chi connectivity index (χ1n) is 8.09. The molecule has 0 saturated carbocycles. The molecule has 0 aliphatic carbocycles. The van der Waals surface area contributed by atoms with Gasteiger partial charge in [-0.05, 0) is 37.3 Å². The van der Waals surface area contributed by atoms with Crippen LogP contribution >= 0.6 is 11.3 Å². The van der Waals surface area contributed by atoms with Gasteiger partial charge in [-0.3, -0.25) is 0 Å². The number of fused-ring (bicyclic) bond motifs is 1. The molecule has 0 atom stereocenters. The van der Waals surface area contributed by atoms with E-state index in [1.54, 1.807) is 12.1 Å². The zero-order chi connectivity index (χ0) is 17.9. The molecule has 0 amide bonds. The van der Waals surface area contributed by atoms with E-state index in [0.717, 1.165) is 11.1 Å². The number of benzene rings is 2. The van der Waals surface area contributed by atoms with E-state index in [4.69, 9.17) is 9.15 Å². The smallest absolute Gasteiger partial charge is 0.346 e. The van der Waals surface area contributed by atoms with Crippen LogP contribution in [0.3, 0.4) is 0 Å². The van der Waals surface area contributed by atoms with Gasteiger partial charge in [0, 0.05) is 17.1 Å². The van der Waals surface area contributed by atoms with Crippen LogP contribution in [0.1, 0.15) is 6.92 Å². The van der Waals surface area contributed by atoms with Gasteiger partial charge in [0.15, 0.2) is 5.01 Å². The van der Waals surface area contributed by atoms with Crippen LogP contribution in [0.25, 0.3) is 21.5 Å². The third kappa shape index (κ3) is 3.29. The van der Waals surface area contributed by atoms with Gasteiger partial charge in [0.1, 0.15) is 11.3 Å². The first-order chi connectivity index (χ1) is 12.7. The SMILES string of the molecule is CCOc1ccc2cc(-c3nnc(Nc4ccccc4)s3)c(=O)oc2c1. The number of anilines is 2. The number of aromatic nitrogens is 2. The molecule has 0 fully saturated rings. The fraction of sp³-hybridized carbons (Fsp3) is 0.105. The van der Waals surface area contributed by atoms with Gasteiger partial charge in [0.2, 0.25) is 5.13 Å². The molecular weight excluding hydrogens is 350 g/mol. The summed E-state index contributed by atoms with van der Waals surface area (Å²) in [5.41, 5.74) is 1.33. The van der Waals surface area contributed by atoms with Crippen LogP contribution in [0.4, 0.5) is 10.8 Å². The van der Waals surface area contributed by atoms with Crippen molar-refractivity contribution >= 4 is 33.1 Å². The molecule has 2 aromatic heterocycles. The maximum atomic E-state index is 12.4. The minimum absolute atomic E-state index is 0.389. The van der Waals surface area contributed by atoms with Gasteiger partial charge in [-0.2, -0.15) is 0 Å². The molecule has 0 bridgehead atoms. The van der Waals surface area contributed by atoms with E-state index in [9.17, 15) is 4.79 Å². The summed E-state index contributed by atoms with van der Waals surface area (Å²) in [6.45, 7) is 2.45. The third-order valence-corrected chi connectivity index (χ3v) is 4.57. The van der Waals surface area contributed by atoms with Crippen LogP contribution in [-0.2, 0) is 0 Å². The van der Waals surface area contributed by atoms with E-state index in [0.29, 0.717) is 33.6 Å². The predicted octanol–water partition coefficient (Wildman–Crippen LogP) is 4.45. The van der Waals surface area contributed by atoms with Gasteiger partial charge in [0.05, 0.1) is 12.2 Å². The van der Waals surface area contributed by atoms with E-state index in [-0.39, 0.29) is 0 Å². The lowest BCUT2D eigenvalue weighted by molar-refractivity contribution is 0.340. The van der Waals surface area contributed by atoms with E-state index in [1.165, 1.54) is 11.3 Å². The second-order valence-electron chi connectivity index (χ2n) is 5.48. The van der Waals surface area contributed by atoms with Gasteiger partial charge in [-0.25, -0.2) is 4.79 Å². The molecule has 2 aromatic carbocycles. The summed E-state index contributed by atoms with van der Waals surface area (Å²) >= 11 is 1.30. The van der Waals surface area contributed by atoms with Crippen molar-refractivity contribution in [3.05, 3.63) is 65.0 Å². The molecule has 6 nitrogen and oxygen atoms in total. The number of hydrogen-bond acceptors (Lipinski definition) is 7. The number of rotatable bonds is 5. The summed E-state index contributed by atoms with van der Waals surface area (Å²) < 4.78 is 10.9. The van der Waals surface area contributed by atoms with Gasteiger partial charge in [-0.15, -0.1) is 10.2 Å². The highest BCUT2D eigenvalue weighted by molar-refractivity contribution is 7.18. The standard InChI is InChI=1S/C19H15N3O3S/c1-2-24-14-9-8-12-10-15(18(23)25-16(12)11-14)17-21-22-19(26-17)20-13-6-4-3-5-7-13/h3-11H,2H2,1H3,(H,20,22). The van der Waals surface area contributed by atoms with Crippen molar-refractivity contribution in [3.63, 3.8) is 0 Å². The van der Waals surface area contributed by atoms with Crippen molar-refractivity contribution in [3.8, 4) is 16.3 Å². The summed E-state index contributed by atoms with van der Waals surface area (Å²) in [6.07, 6.45) is 0. The number of nitrogens with zero attached hydrogens (tertiary/aromatic N) is 2. The molecule has 130 valence electrons. The third-order valence-electron chi connectivity index (χ3n) is 3.70. The monoisotopic (exact) mass is 365 g/mol. The van der Waals surface area contributed by atoms with Crippen LogP contribution in [0.2, 0.25) is 0 Å². The van der Waals surface area contributed by atoms with Gasteiger partial charge >= 0.3 is 5.63 Å². The molecule has 26 heavy (non-hydrogen) atoms. The summed E-state index contributed by atoms with van der Waals surface area (Å²) in [4.78, 5) is 12.4. The van der Waals surface area contributed by atoms with Gasteiger partial charge in [0.25, 0.3) is 0 Å². The first-order valence-corrected chi connectivity index (χ1v) is 8.91. The zero-order valence-corrected chi connectivity index (χ0v) is 14.7. The Balaban J connectivity index is 1.67. The first kappa shape index (κ1) is 16.3. The summed E-state index contributed by atoms with van der Waals surface area (Å²) in [6, 6.07) is 16.8. The molecule has 1 N–H and O–H groups in total. The largest absolute Gasteiger partial charge is 0.494 e. The van der Waals surface area contributed by atoms with Crippen LogP contribution in [0.5, 0.6) is 5.75 Å². The molecule has 2 heterocycles. The van der Waals surface area contributed by atoms with Gasteiger partial charge in [-0.1, -0.05) is 29.5 Å². The van der Waals surface area contributed by atoms with E-state index >= 15 is 0 Å². The summed E-state index contributed by atoms with van der Waals surface area (Å²) in [5, 5.41) is 13.3. The number of ether oxygens (including phenoxy) is 1. The Bertz CT molecular complexity index is 1110. The summed E-state index contributed by atoms with van der Waals surface area (Å²) in [5.74, 6) is 0.668. The Morgan fingerprint density at radius 2 is 1.96 bits per heavy atom. The van der Waals surface area contributed by atoms with Crippen molar-refractivity contribution in [1.82, 2.24) is 10.2 Å². The average Bonchev–Trinajstić information content (AvgIpc) is 3.10. The Morgan fingerprint density at radius 1 is 1.12 bits per heavy atom. The maximum Gasteiger partial charge on any atom is 0.346 e. The Hall–Kier alpha value is -3.19. The molecule has 0 unspecified atom stereocenters. The van der Waals surface area contributed by atoms with E-state index < -0.39 is 5.63 Å². The minimum Gasteiger partial charge on any atom is -0.494 e. The van der Waals surface area contributed by atoms with Crippen LogP contribution in [0.15, 0.2) is 63.8 Å². The lowest BCUT2D eigenvalue weighted by Crippen LogP contribution is -2.02. The molecule has 0 aliphatic heterocycles. The molecule has 4 aromatic rings. The van der Waals surface area contributed by atoms with Gasteiger partial charge < -0.3 is 14.5 Å². The average molecular weight is 365 g/mol. The Morgan fingerprint density at radius 3 is 2.77 bits per heavy atom. The quantitative estimate of drug-likeness (QED) is 0.526. The van der Waals surface area contributed by atoms with Crippen LogP contribution in [-0.4, -0.2) is 16.8 Å². The predicted molar refractivity (Wildman–Crippen MR) is 102 cm³/mol. The summed E-state index contributed by atoms with van der Waals surface area (Å²) in [7, 11) is 0. The molecule has 4 rings (SSSR count). The molecule has 7 heteroatoms. The van der Waals surface area contributed by atoms with Crippen molar-refractivity contribution in [2.75, 3.05) is 11.9 Å². The molecular formula is C19H15N3O3S. The second-order valence-corrected chi connectivity index (χ2v) is 6.46. The Labute approximate surface area is 153 Å². The van der Waals surface area contributed by atoms with E-state index in [1.807, 2.05) is 49.4 Å². The molecule has 0 aliphatic rings. The lowest BCUT2D eigenvalue weighted by Gasteiger charge is -2.04. The second kappa shape index (κ2) is 6.97. The fourth-order valence-corrected chi connectivity index (χ4v) is 3.29. The van der Waals surface area contributed by atoms with Crippen LogP contribution < -0.4 is 15.7 Å². The molecule has 0 radical (unpaired) electrons. The highest BCUT2D eigenvalue weighted by Gasteiger charge is 2.14. The topological polar surface area (TPSA) is 77.3 Å². The van der Waals surface area contributed by atoms with Crippen LogP contribution in [0, 0.1) is 0 Å². The zero-order valence-electron chi connectivity index (χ0n) is 13.9. The Kier molecular flexibility index (Phi) is 4.37. The lowest BCUT2D eigenvalue weighted by atomic mass is 10.2. The maximum absolute atomic E-state index is 12.4. The molecule has 0 spiro atoms. The normalized spacial score (nSPS) is 10.8. The van der Waals surface area contributed by atoms with Crippen molar-refractivity contribution < 1.29 is 9.15 Å². The highest BCUT2D eigenvalue weighted by atomic mass is 32.1. The molecule has 0 saturated heterocycles. The van der Waals surface area contributed by atoms with Crippen molar-refractivity contribution in [2.24, 2.45) is 0 Å². The van der Waals surface area contributed by atoms with Crippen molar-refractivity contribution in [1.29, 1.82) is 0 Å². The fourth-order valence-electron chi connectivity index (χ4n) is 2.52.